The first-order valence-corrected chi connectivity index (χ1v) is 6.31. The van der Waals surface area contributed by atoms with Gasteiger partial charge in [-0.05, 0) is 6.42 Å². The molecular formula is C12H17NO6. The van der Waals surface area contributed by atoms with Gasteiger partial charge in [0.05, 0.1) is 18.9 Å². The van der Waals surface area contributed by atoms with E-state index in [0.29, 0.717) is 19.4 Å². The molecule has 5 unspecified atom stereocenters. The Morgan fingerprint density at radius 1 is 1.63 bits per heavy atom. The van der Waals surface area contributed by atoms with Crippen molar-refractivity contribution < 1.29 is 28.9 Å². The molecule has 19 heavy (non-hydrogen) atoms. The van der Waals surface area contributed by atoms with Gasteiger partial charge in [-0.15, -0.1) is 0 Å². The lowest BCUT2D eigenvalue weighted by atomic mass is 9.71. The lowest BCUT2D eigenvalue weighted by Crippen LogP contribution is -2.57. The number of methoxy groups -OCH3 is 1. The van der Waals surface area contributed by atoms with E-state index in [9.17, 15) is 9.59 Å². The maximum Gasteiger partial charge on any atom is 0.306 e. The summed E-state index contributed by atoms with van der Waals surface area (Å²) in [7, 11) is 1.45. The second kappa shape index (κ2) is 3.99. The number of hydrogen-bond donors (Lipinski definition) is 2. The highest BCUT2D eigenvalue weighted by molar-refractivity contribution is 5.85. The van der Waals surface area contributed by atoms with E-state index in [-0.39, 0.29) is 12.2 Å². The summed E-state index contributed by atoms with van der Waals surface area (Å²) >= 11 is 0. The zero-order valence-corrected chi connectivity index (χ0v) is 10.6. The first kappa shape index (κ1) is 13.0. The number of aliphatic carboxylic acids is 1. The van der Waals surface area contributed by atoms with Crippen molar-refractivity contribution in [3.63, 3.8) is 0 Å². The van der Waals surface area contributed by atoms with Crippen LogP contribution in [0.15, 0.2) is 0 Å². The van der Waals surface area contributed by atoms with E-state index >= 15 is 0 Å². The summed E-state index contributed by atoms with van der Waals surface area (Å²) in [5.41, 5.74) is 4.55. The van der Waals surface area contributed by atoms with Gasteiger partial charge >= 0.3 is 5.97 Å². The second-order valence-corrected chi connectivity index (χ2v) is 5.51. The van der Waals surface area contributed by atoms with Crippen molar-refractivity contribution in [3.05, 3.63) is 0 Å². The maximum absolute atomic E-state index is 11.9. The minimum absolute atomic E-state index is 0.0250. The molecule has 3 N–H and O–H groups in total. The van der Waals surface area contributed by atoms with Gasteiger partial charge in [-0.2, -0.15) is 0 Å². The molecule has 1 saturated carbocycles. The van der Waals surface area contributed by atoms with Gasteiger partial charge < -0.3 is 25.1 Å². The van der Waals surface area contributed by atoms with Crippen LogP contribution < -0.4 is 5.73 Å². The van der Waals surface area contributed by atoms with E-state index in [0.717, 1.165) is 0 Å². The Hall–Kier alpha value is -1.02. The van der Waals surface area contributed by atoms with E-state index < -0.39 is 35.4 Å². The number of carbonyl (C=O) groups is 2. The number of carbonyl (C=O) groups excluding carboxylic acids is 1. The van der Waals surface area contributed by atoms with Gasteiger partial charge in [0.2, 0.25) is 0 Å². The van der Waals surface area contributed by atoms with E-state index in [4.69, 9.17) is 25.1 Å². The van der Waals surface area contributed by atoms with Gasteiger partial charge in [0.25, 0.3) is 0 Å². The Labute approximate surface area is 110 Å². The number of carboxylic acids is 1. The Morgan fingerprint density at radius 2 is 2.32 bits per heavy atom. The van der Waals surface area contributed by atoms with Crippen LogP contribution in [0, 0.1) is 5.92 Å². The molecule has 1 aliphatic carbocycles. The highest BCUT2D eigenvalue weighted by atomic mass is 16.6. The number of rotatable bonds is 4. The summed E-state index contributed by atoms with van der Waals surface area (Å²) in [4.78, 5) is 22.7. The molecular weight excluding hydrogens is 254 g/mol. The number of nitrogens with two attached hydrogens (primary N) is 1. The molecule has 3 rings (SSSR count). The van der Waals surface area contributed by atoms with E-state index in [1.54, 1.807) is 0 Å². The lowest BCUT2D eigenvalue weighted by Gasteiger charge is -2.37. The third-order valence-corrected chi connectivity index (χ3v) is 4.39. The molecule has 2 heterocycles. The molecule has 2 aliphatic heterocycles. The number of carboxylic acid groups (broad SMARTS) is 1. The molecule has 0 bridgehead atoms. The average Bonchev–Trinajstić information content (AvgIpc) is 3.22. The Bertz CT molecular complexity index is 434. The number of ether oxygens (including phenoxy) is 3. The minimum Gasteiger partial charge on any atom is -0.481 e. The molecule has 0 radical (unpaired) electrons. The monoisotopic (exact) mass is 271 g/mol. The van der Waals surface area contributed by atoms with Crippen LogP contribution in [-0.2, 0) is 23.8 Å². The van der Waals surface area contributed by atoms with Crippen molar-refractivity contribution in [3.8, 4) is 0 Å². The van der Waals surface area contributed by atoms with Gasteiger partial charge in [-0.3, -0.25) is 9.59 Å². The molecule has 3 fully saturated rings. The van der Waals surface area contributed by atoms with Crippen LogP contribution in [0.3, 0.4) is 0 Å². The Balaban J connectivity index is 1.84. The zero-order chi connectivity index (χ0) is 13.8. The maximum atomic E-state index is 11.9. The standard InChI is InChI=1S/C12H17NO6/c1-17-9-6(14)2-3-11(5-18-11)10(9)12(13)7(19-12)4-8(15)16/h7,9-10H,2-5,13H2,1H3,(H,15,16). The molecule has 1 spiro atoms. The van der Waals surface area contributed by atoms with Crippen molar-refractivity contribution in [2.75, 3.05) is 13.7 Å². The molecule has 0 aromatic heterocycles. The molecule has 106 valence electrons. The third kappa shape index (κ3) is 1.88. The third-order valence-electron chi connectivity index (χ3n) is 4.39. The first-order chi connectivity index (χ1) is 8.93. The van der Waals surface area contributed by atoms with Gasteiger partial charge in [0.15, 0.2) is 11.5 Å². The smallest absolute Gasteiger partial charge is 0.306 e. The van der Waals surface area contributed by atoms with Crippen LogP contribution in [0.4, 0.5) is 0 Å². The topological polar surface area (TPSA) is 115 Å². The fourth-order valence-corrected chi connectivity index (χ4v) is 3.27. The summed E-state index contributed by atoms with van der Waals surface area (Å²) in [6.07, 6.45) is -0.444. The van der Waals surface area contributed by atoms with Gasteiger partial charge in [-0.25, -0.2) is 0 Å². The number of Topliss-reactive ketones (excluding diaryl/α,β-unsaturated/α-hetero) is 1. The van der Waals surface area contributed by atoms with Crippen molar-refractivity contribution in [1.29, 1.82) is 0 Å². The summed E-state index contributed by atoms with van der Waals surface area (Å²) in [6.45, 7) is 0.521. The largest absolute Gasteiger partial charge is 0.481 e. The van der Waals surface area contributed by atoms with Crippen molar-refractivity contribution in [2.24, 2.45) is 11.7 Å². The summed E-state index contributed by atoms with van der Waals surface area (Å²) < 4.78 is 16.2. The van der Waals surface area contributed by atoms with Crippen LogP contribution in [0.1, 0.15) is 19.3 Å². The van der Waals surface area contributed by atoms with Crippen LogP contribution in [0.5, 0.6) is 0 Å². The van der Waals surface area contributed by atoms with E-state index in [1.165, 1.54) is 7.11 Å². The van der Waals surface area contributed by atoms with Crippen LogP contribution in [0.25, 0.3) is 0 Å². The minimum atomic E-state index is -1.13. The van der Waals surface area contributed by atoms with Gasteiger partial charge in [0, 0.05) is 13.5 Å². The fraction of sp³-hybridized carbons (Fsp3) is 0.833. The van der Waals surface area contributed by atoms with Crippen LogP contribution >= 0.6 is 0 Å². The molecule has 0 amide bonds. The van der Waals surface area contributed by atoms with Crippen LogP contribution in [0.2, 0.25) is 0 Å². The Morgan fingerprint density at radius 3 is 2.84 bits per heavy atom. The zero-order valence-electron chi connectivity index (χ0n) is 10.6. The van der Waals surface area contributed by atoms with Crippen molar-refractivity contribution in [2.45, 2.75) is 42.8 Å². The molecule has 7 nitrogen and oxygen atoms in total. The SMILES string of the molecule is COC1C(=O)CCC2(CO2)C1C1(N)OC1CC(=O)O. The predicted molar refractivity (Wildman–Crippen MR) is 61.3 cm³/mol. The quantitative estimate of drug-likeness (QED) is 0.648. The predicted octanol–water partition coefficient (Wildman–Crippen LogP) is -0.722. The second-order valence-electron chi connectivity index (χ2n) is 5.51. The fourth-order valence-electron chi connectivity index (χ4n) is 3.27. The van der Waals surface area contributed by atoms with E-state index in [1.807, 2.05) is 0 Å². The number of epoxide rings is 2. The van der Waals surface area contributed by atoms with Gasteiger partial charge in [-0.1, -0.05) is 0 Å². The van der Waals surface area contributed by atoms with Crippen LogP contribution in [-0.4, -0.2) is 54.1 Å². The van der Waals surface area contributed by atoms with Gasteiger partial charge in [0.1, 0.15) is 17.8 Å². The first-order valence-electron chi connectivity index (χ1n) is 6.31. The molecule has 2 saturated heterocycles. The number of ketones is 1. The normalized spacial score (nSPS) is 48.3. The molecule has 0 aromatic rings. The molecule has 3 aliphatic rings. The van der Waals surface area contributed by atoms with Crippen molar-refractivity contribution in [1.82, 2.24) is 0 Å². The lowest BCUT2D eigenvalue weighted by molar-refractivity contribution is -0.142. The average molecular weight is 271 g/mol. The molecule has 5 atom stereocenters. The highest BCUT2D eigenvalue weighted by Gasteiger charge is 2.73. The Kier molecular flexibility index (Phi) is 2.72. The van der Waals surface area contributed by atoms with E-state index in [2.05, 4.69) is 0 Å². The summed E-state index contributed by atoms with van der Waals surface area (Å²) in [6, 6.07) is 0. The summed E-state index contributed by atoms with van der Waals surface area (Å²) in [5.74, 6) is -1.43. The number of hydrogen-bond acceptors (Lipinski definition) is 6. The highest BCUT2D eigenvalue weighted by Crippen LogP contribution is 2.56. The molecule has 7 heteroatoms. The summed E-state index contributed by atoms with van der Waals surface area (Å²) in [5, 5.41) is 8.81. The molecule has 0 aromatic carbocycles. The van der Waals surface area contributed by atoms with Crippen molar-refractivity contribution >= 4 is 11.8 Å².